The third-order valence-electron chi connectivity index (χ3n) is 21.2. The second kappa shape index (κ2) is 34.2. The predicted octanol–water partition coefficient (Wildman–Crippen LogP) is 11.2. The van der Waals surface area contributed by atoms with Crippen LogP contribution in [-0.2, 0) is 76.9 Å². The van der Waals surface area contributed by atoms with E-state index in [0.717, 1.165) is 137 Å². The summed E-state index contributed by atoms with van der Waals surface area (Å²) in [4.78, 5) is 104. The van der Waals surface area contributed by atoms with Crippen LogP contribution in [0.3, 0.4) is 0 Å². The molecule has 540 valence electrons. The maximum atomic E-state index is 14.7. The molecule has 22 nitrogen and oxygen atoms in total. The molecule has 14 rings (SSSR count). The number of hydrogen-bond acceptors (Lipinski definition) is 17. The maximum Gasteiger partial charge on any atom is 0.410 e. The molecule has 0 spiro atoms. The number of piperazine rings is 2. The zero-order valence-electron chi connectivity index (χ0n) is 58.4. The van der Waals surface area contributed by atoms with Gasteiger partial charge in [0.05, 0.1) is 53.6 Å². The minimum absolute atomic E-state index is 0.0296. The molecule has 0 bridgehead atoms. The molecule has 4 saturated heterocycles. The molecule has 2 saturated carbocycles. The number of fused-ring (bicyclic) bond motifs is 4. The van der Waals surface area contributed by atoms with Gasteiger partial charge < -0.3 is 43.2 Å². The summed E-state index contributed by atoms with van der Waals surface area (Å²) in [6.45, 7) is 15.1. The molecule has 0 unspecified atom stereocenters. The van der Waals surface area contributed by atoms with Gasteiger partial charge in [-0.1, -0.05) is 47.5 Å². The highest BCUT2D eigenvalue weighted by Gasteiger charge is 2.45. The number of ether oxygens (including phenoxy) is 4. The normalized spacial score (nSPS) is 25.3. The number of pyridine rings is 2. The highest BCUT2D eigenvalue weighted by atomic mass is 35.5. The summed E-state index contributed by atoms with van der Waals surface area (Å²) >= 11 is 18.0. The first-order chi connectivity index (χ1) is 48.8. The lowest BCUT2D eigenvalue weighted by atomic mass is 9.94. The minimum Gasteiger partial charge on any atom is -0.463 e. The van der Waals surface area contributed by atoms with Crippen molar-refractivity contribution in [2.24, 2.45) is 11.8 Å². The standard InChI is InChI=1S/C38H47ClN6O5.C29H35ClN6O.C9H13ClO4/c1-25-20-42(24-41-25)21-27-5-4-16-44(22-27)37(47)34-23-43(17-18-45(34)38(48)50-32-12-10-31(11-13-32)49-26(2)46)36-33-14-9-30(39)19-29(33)8-7-28-6-3-15-40-35(28)36;1-20-15-34(19-33-20)16-21-4-3-12-36(17-21)29(37)26-18-35(13-11-31-26)28-25-9-8-24(30)14-23(25)7-6-22-5-2-10-32-27(22)28;1-6(11)13-7-2-4-8(5-3-7)14-9(10)12/h3,6,9,14-15,19-20,24,27,31-32,34,36H,4-5,7-8,10-13,16-18,21-23H2,1-2H3;2,5,8-10,14-15,19,21,26,28,31H,3-4,6-7,11-13,16-18H2,1H3;7-8H,2-5H2,1H3/t27-,31?,32?,34+,36-;21-,26+,28-;/m00./s1. The minimum atomic E-state index is -0.763. The zero-order chi connectivity index (χ0) is 70.7. The van der Waals surface area contributed by atoms with Gasteiger partial charge in [-0.05, 0) is 198 Å². The Bertz CT molecular complexity index is 3850. The van der Waals surface area contributed by atoms with Gasteiger partial charge in [0.1, 0.15) is 30.5 Å². The summed E-state index contributed by atoms with van der Waals surface area (Å²) in [5, 5.41) is 5.01. The third kappa shape index (κ3) is 19.0. The summed E-state index contributed by atoms with van der Waals surface area (Å²) in [7, 11) is 0. The third-order valence-corrected chi connectivity index (χ3v) is 21.8. The largest absolute Gasteiger partial charge is 0.463 e. The van der Waals surface area contributed by atoms with Gasteiger partial charge in [-0.2, -0.15) is 0 Å². The van der Waals surface area contributed by atoms with Crippen LogP contribution in [0.5, 0.6) is 0 Å². The number of carbonyl (C=O) groups is 6. The Morgan fingerprint density at radius 3 is 1.46 bits per heavy atom. The summed E-state index contributed by atoms with van der Waals surface area (Å²) in [6, 6.07) is 19.6. The molecule has 4 aromatic heterocycles. The molecular formula is C76H95Cl3N12O10. The van der Waals surface area contributed by atoms with E-state index in [-0.39, 0.29) is 66.3 Å². The smallest absolute Gasteiger partial charge is 0.410 e. The molecule has 25 heteroatoms. The number of aryl methyl sites for hydroxylation is 6. The molecule has 4 aliphatic carbocycles. The number of aromatic nitrogens is 6. The van der Waals surface area contributed by atoms with Gasteiger partial charge in [-0.15, -0.1) is 0 Å². The molecular weight excluding hydrogens is 1350 g/mol. The van der Waals surface area contributed by atoms with E-state index in [1.54, 1.807) is 4.90 Å². The second-order valence-electron chi connectivity index (χ2n) is 28.6. The van der Waals surface area contributed by atoms with Crippen molar-refractivity contribution in [2.45, 2.75) is 192 Å². The van der Waals surface area contributed by atoms with Gasteiger partial charge in [-0.25, -0.2) is 19.6 Å². The Morgan fingerprint density at radius 1 is 0.515 bits per heavy atom. The predicted molar refractivity (Wildman–Crippen MR) is 382 cm³/mol. The van der Waals surface area contributed by atoms with Crippen LogP contribution < -0.4 is 5.32 Å². The van der Waals surface area contributed by atoms with E-state index >= 15 is 0 Å². The fraction of sp³-hybridized carbons (Fsp3) is 0.553. The summed E-state index contributed by atoms with van der Waals surface area (Å²) in [6.07, 6.45) is 23.8. The van der Waals surface area contributed by atoms with Gasteiger partial charge in [0.2, 0.25) is 11.8 Å². The molecule has 6 aromatic rings. The fourth-order valence-corrected chi connectivity index (χ4v) is 17.0. The Balaban J connectivity index is 0.000000165. The maximum absolute atomic E-state index is 14.7. The topological polar surface area (TPSA) is 229 Å². The number of nitrogens with zero attached hydrogens (tertiary/aromatic N) is 11. The number of amides is 3. The summed E-state index contributed by atoms with van der Waals surface area (Å²) in [5.41, 5.74) is 10.7. The molecule has 3 amide bonds. The van der Waals surface area contributed by atoms with E-state index in [2.05, 4.69) is 81.7 Å². The lowest BCUT2D eigenvalue weighted by Crippen LogP contribution is -2.62. The average Bonchev–Trinajstić information content (AvgIpc) is 1.80. The van der Waals surface area contributed by atoms with Crippen LogP contribution in [-0.4, -0.2) is 191 Å². The molecule has 0 radical (unpaired) electrons. The van der Waals surface area contributed by atoms with Crippen molar-refractivity contribution in [1.29, 1.82) is 0 Å². The molecule has 8 aliphatic rings. The molecule has 8 heterocycles. The van der Waals surface area contributed by atoms with Crippen molar-refractivity contribution in [3.05, 3.63) is 164 Å². The molecule has 1 N–H and O–H groups in total. The zero-order valence-corrected chi connectivity index (χ0v) is 60.7. The fourth-order valence-electron chi connectivity index (χ4n) is 16.5. The SMILES string of the molecule is CC(=O)OC1CCC(OC(=O)Cl)CC1.CC(=O)OC1CCC(OC(=O)N2CCN([C@H]3c4ccc(Cl)cc4CCc4cccnc43)C[C@@H]2C(=O)N2CCC[C@@H](Cn3cnc(C)c3)C2)CC1.Cc1cn(C[C@@H]2CCCN(C(=O)[C@H]3CN([C@H]4c5ccc(Cl)cc5CCc5cccnc54)CCN3)C2)cn1. The molecule has 6 fully saturated rings. The van der Waals surface area contributed by atoms with Gasteiger partial charge >= 0.3 is 23.5 Å². The van der Waals surface area contributed by atoms with Crippen LogP contribution in [0, 0.1) is 25.7 Å². The number of imidazole rings is 2. The van der Waals surface area contributed by atoms with Crippen LogP contribution in [0.15, 0.2) is 98.1 Å². The number of piperidine rings is 2. The highest BCUT2D eigenvalue weighted by Crippen LogP contribution is 2.41. The van der Waals surface area contributed by atoms with Crippen LogP contribution in [0.2, 0.25) is 10.0 Å². The van der Waals surface area contributed by atoms with Crippen molar-refractivity contribution in [3.63, 3.8) is 0 Å². The number of rotatable bonds is 12. The second-order valence-corrected chi connectivity index (χ2v) is 29.7. The highest BCUT2D eigenvalue weighted by molar-refractivity contribution is 6.61. The number of benzene rings is 2. The monoisotopic (exact) mass is 1440 g/mol. The van der Waals surface area contributed by atoms with Crippen molar-refractivity contribution in [3.8, 4) is 0 Å². The van der Waals surface area contributed by atoms with Gasteiger partial charge in [-0.3, -0.25) is 43.8 Å². The number of halogens is 3. The van der Waals surface area contributed by atoms with Gasteiger partial charge in [0, 0.05) is 139 Å². The van der Waals surface area contributed by atoms with Gasteiger partial charge in [0.25, 0.3) is 0 Å². The van der Waals surface area contributed by atoms with E-state index in [1.165, 1.54) is 41.7 Å². The van der Waals surface area contributed by atoms with Gasteiger partial charge in [0.15, 0.2) is 0 Å². The van der Waals surface area contributed by atoms with E-state index in [1.807, 2.05) is 74.3 Å². The quantitative estimate of drug-likeness (QED) is 0.0682. The number of esters is 2. The van der Waals surface area contributed by atoms with Crippen LogP contribution in [0.4, 0.5) is 9.59 Å². The Labute approximate surface area is 607 Å². The Hall–Kier alpha value is -7.47. The summed E-state index contributed by atoms with van der Waals surface area (Å²) in [5.74, 6) is 0.388. The average molecular weight is 1440 g/mol. The molecule has 101 heavy (non-hydrogen) atoms. The van der Waals surface area contributed by atoms with Crippen molar-refractivity contribution < 1.29 is 47.7 Å². The van der Waals surface area contributed by atoms with Crippen LogP contribution in [0.25, 0.3) is 0 Å². The number of likely N-dealkylation sites (tertiary alicyclic amines) is 2. The number of hydrogen-bond donors (Lipinski definition) is 1. The molecule has 2 aromatic carbocycles. The van der Waals surface area contributed by atoms with E-state index in [0.29, 0.717) is 94.7 Å². The Morgan fingerprint density at radius 2 is 0.980 bits per heavy atom. The van der Waals surface area contributed by atoms with E-state index < -0.39 is 17.6 Å². The lowest BCUT2D eigenvalue weighted by molar-refractivity contribution is -0.149. The number of carbonyl (C=O) groups excluding carboxylic acids is 6. The first-order valence-corrected chi connectivity index (χ1v) is 37.4. The van der Waals surface area contributed by atoms with Crippen molar-refractivity contribution in [2.75, 3.05) is 65.4 Å². The lowest BCUT2D eigenvalue weighted by Gasteiger charge is -2.46. The van der Waals surface area contributed by atoms with Crippen LogP contribution >= 0.6 is 34.8 Å². The van der Waals surface area contributed by atoms with Crippen LogP contribution in [0.1, 0.15) is 159 Å². The van der Waals surface area contributed by atoms with E-state index in [4.69, 9.17) is 63.7 Å². The molecule has 6 atom stereocenters. The van der Waals surface area contributed by atoms with Crippen molar-refractivity contribution in [1.82, 2.24) is 58.9 Å². The first-order valence-electron chi connectivity index (χ1n) is 36.2. The van der Waals surface area contributed by atoms with Crippen molar-refractivity contribution >= 4 is 70.1 Å². The summed E-state index contributed by atoms with van der Waals surface area (Å²) < 4.78 is 25.6. The number of nitrogens with one attached hydrogen (secondary N) is 1. The molecule has 4 aliphatic heterocycles. The first kappa shape index (κ1) is 73.3. The Kier molecular flexibility index (Phi) is 24.8. The van der Waals surface area contributed by atoms with E-state index in [9.17, 15) is 28.8 Å².